The van der Waals surface area contributed by atoms with Crippen molar-refractivity contribution >= 4 is 5.78 Å². The van der Waals surface area contributed by atoms with Crippen molar-refractivity contribution in [2.45, 2.75) is 27.7 Å². The Morgan fingerprint density at radius 2 is 1.67 bits per heavy atom. The van der Waals surface area contributed by atoms with E-state index in [1.54, 1.807) is 0 Å². The van der Waals surface area contributed by atoms with Crippen molar-refractivity contribution in [1.29, 1.82) is 0 Å². The normalized spacial score (nSPS) is 12.7. The second-order valence-electron chi connectivity index (χ2n) is 4.89. The zero-order valence-corrected chi connectivity index (χ0v) is 9.87. The molecule has 15 heavy (non-hydrogen) atoms. The summed E-state index contributed by atoms with van der Waals surface area (Å²) in [6.45, 7) is 8.15. The molecule has 0 amide bonds. The largest absolute Gasteiger partial charge is 0.289 e. The molecule has 1 heteroatoms. The first-order chi connectivity index (χ1) is 6.90. The van der Waals surface area contributed by atoms with Gasteiger partial charge in [0.05, 0.1) is 0 Å². The first kappa shape index (κ1) is 11.7. The number of hydrogen-bond acceptors (Lipinski definition) is 1. The van der Waals surface area contributed by atoms with Gasteiger partial charge in [-0.25, -0.2) is 0 Å². The van der Waals surface area contributed by atoms with Gasteiger partial charge in [0.15, 0.2) is 5.78 Å². The van der Waals surface area contributed by atoms with E-state index >= 15 is 0 Å². The minimum Gasteiger partial charge on any atom is -0.289 e. The molecule has 0 fully saturated rings. The van der Waals surface area contributed by atoms with Crippen molar-refractivity contribution in [2.75, 3.05) is 0 Å². The average Bonchev–Trinajstić information content (AvgIpc) is 2.15. The fourth-order valence-electron chi connectivity index (χ4n) is 1.53. The molecule has 0 atom stereocenters. The lowest BCUT2D eigenvalue weighted by Gasteiger charge is -2.13. The van der Waals surface area contributed by atoms with E-state index < -0.39 is 0 Å². The summed E-state index contributed by atoms with van der Waals surface area (Å²) in [7, 11) is 0. The number of carbonyl (C=O) groups is 1. The summed E-state index contributed by atoms with van der Waals surface area (Å²) < 4.78 is 0. The van der Waals surface area contributed by atoms with E-state index in [0.29, 0.717) is 0 Å². The lowest BCUT2D eigenvalue weighted by atomic mass is 9.91. The standard InChI is InChI=1S/C14H18O/c1-11(10-14(2,3)4)13(15)12-8-6-5-7-9-12/h5-10H,1-4H3. The Labute approximate surface area is 91.8 Å². The first-order valence-electron chi connectivity index (χ1n) is 5.19. The van der Waals surface area contributed by atoms with E-state index in [4.69, 9.17) is 0 Å². The van der Waals surface area contributed by atoms with E-state index in [1.807, 2.05) is 43.3 Å². The van der Waals surface area contributed by atoms with Gasteiger partial charge in [-0.15, -0.1) is 0 Å². The van der Waals surface area contributed by atoms with Gasteiger partial charge in [-0.1, -0.05) is 57.2 Å². The van der Waals surface area contributed by atoms with Crippen LogP contribution in [0.25, 0.3) is 0 Å². The quantitative estimate of drug-likeness (QED) is 0.525. The van der Waals surface area contributed by atoms with Crippen molar-refractivity contribution in [3.8, 4) is 0 Å². The lowest BCUT2D eigenvalue weighted by molar-refractivity contribution is 0.103. The SMILES string of the molecule is CC(=CC(C)(C)C)C(=O)c1ccccc1. The highest BCUT2D eigenvalue weighted by molar-refractivity contribution is 6.08. The predicted octanol–water partition coefficient (Wildman–Crippen LogP) is 3.86. The van der Waals surface area contributed by atoms with Crippen LogP contribution in [0, 0.1) is 5.41 Å². The Hall–Kier alpha value is -1.37. The van der Waals surface area contributed by atoms with Crippen LogP contribution in [-0.4, -0.2) is 5.78 Å². The van der Waals surface area contributed by atoms with Crippen LogP contribution in [0.4, 0.5) is 0 Å². The van der Waals surface area contributed by atoms with Crippen LogP contribution in [-0.2, 0) is 0 Å². The smallest absolute Gasteiger partial charge is 0.188 e. The van der Waals surface area contributed by atoms with Crippen LogP contribution >= 0.6 is 0 Å². The van der Waals surface area contributed by atoms with Crippen molar-refractivity contribution in [1.82, 2.24) is 0 Å². The minimum atomic E-state index is 0.0501. The molecule has 1 rings (SSSR count). The van der Waals surface area contributed by atoms with E-state index in [-0.39, 0.29) is 11.2 Å². The van der Waals surface area contributed by atoms with Crippen LogP contribution in [0.15, 0.2) is 42.0 Å². The van der Waals surface area contributed by atoms with Gasteiger partial charge in [-0.3, -0.25) is 4.79 Å². The summed E-state index contributed by atoms with van der Waals surface area (Å²) in [6, 6.07) is 9.39. The van der Waals surface area contributed by atoms with Gasteiger partial charge in [0.2, 0.25) is 0 Å². The van der Waals surface area contributed by atoms with Gasteiger partial charge in [-0.05, 0) is 17.9 Å². The van der Waals surface area contributed by atoms with Gasteiger partial charge >= 0.3 is 0 Å². The van der Waals surface area contributed by atoms with Crippen LogP contribution in [0.5, 0.6) is 0 Å². The Morgan fingerprint density at radius 1 is 1.13 bits per heavy atom. The molecule has 0 aliphatic rings. The molecule has 1 aromatic carbocycles. The third-order valence-corrected chi connectivity index (χ3v) is 2.04. The summed E-state index contributed by atoms with van der Waals surface area (Å²) in [6.07, 6.45) is 2.02. The summed E-state index contributed by atoms with van der Waals surface area (Å²) in [5, 5.41) is 0. The number of benzene rings is 1. The van der Waals surface area contributed by atoms with Crippen molar-refractivity contribution in [2.24, 2.45) is 5.41 Å². The number of rotatable bonds is 2. The maximum Gasteiger partial charge on any atom is 0.188 e. The highest BCUT2D eigenvalue weighted by atomic mass is 16.1. The molecule has 80 valence electrons. The number of hydrogen-bond donors (Lipinski definition) is 0. The van der Waals surface area contributed by atoms with E-state index in [1.165, 1.54) is 0 Å². The zero-order valence-electron chi connectivity index (χ0n) is 9.87. The molecular weight excluding hydrogens is 184 g/mol. The molecule has 0 aromatic heterocycles. The molecule has 1 nitrogen and oxygen atoms in total. The van der Waals surface area contributed by atoms with Crippen LogP contribution in [0.2, 0.25) is 0 Å². The molecule has 0 saturated heterocycles. The lowest BCUT2D eigenvalue weighted by Crippen LogP contribution is -2.06. The number of ketones is 1. The van der Waals surface area contributed by atoms with Crippen molar-refractivity contribution in [3.05, 3.63) is 47.5 Å². The topological polar surface area (TPSA) is 17.1 Å². The molecule has 0 heterocycles. The third kappa shape index (κ3) is 3.70. The summed E-state index contributed by atoms with van der Waals surface area (Å²) in [4.78, 5) is 12.0. The van der Waals surface area contributed by atoms with Gasteiger partial charge in [0.1, 0.15) is 0 Å². The predicted molar refractivity (Wildman–Crippen MR) is 64.0 cm³/mol. The molecule has 0 aliphatic heterocycles. The first-order valence-corrected chi connectivity index (χ1v) is 5.19. The van der Waals surface area contributed by atoms with Gasteiger partial charge < -0.3 is 0 Å². The van der Waals surface area contributed by atoms with Gasteiger partial charge in [0, 0.05) is 5.56 Å². The van der Waals surface area contributed by atoms with Crippen LogP contribution in [0.1, 0.15) is 38.1 Å². The molecule has 0 unspecified atom stereocenters. The fourth-order valence-corrected chi connectivity index (χ4v) is 1.53. The Kier molecular flexibility index (Phi) is 3.46. The van der Waals surface area contributed by atoms with Crippen LogP contribution in [0.3, 0.4) is 0 Å². The number of Topliss-reactive ketones (excluding diaryl/α,β-unsaturated/α-hetero) is 1. The zero-order chi connectivity index (χ0) is 11.5. The summed E-state index contributed by atoms with van der Waals surface area (Å²) in [5.74, 6) is 0.116. The monoisotopic (exact) mass is 202 g/mol. The van der Waals surface area contributed by atoms with Crippen molar-refractivity contribution in [3.63, 3.8) is 0 Å². The van der Waals surface area contributed by atoms with E-state index in [9.17, 15) is 4.79 Å². The molecule has 0 saturated carbocycles. The Morgan fingerprint density at radius 3 is 2.13 bits per heavy atom. The van der Waals surface area contributed by atoms with Gasteiger partial charge in [-0.2, -0.15) is 0 Å². The molecule has 0 bridgehead atoms. The van der Waals surface area contributed by atoms with Crippen molar-refractivity contribution < 1.29 is 4.79 Å². The molecule has 1 aromatic rings. The summed E-state index contributed by atoms with van der Waals surface area (Å²) >= 11 is 0. The van der Waals surface area contributed by atoms with Crippen LogP contribution < -0.4 is 0 Å². The molecule has 0 spiro atoms. The highest BCUT2D eigenvalue weighted by Gasteiger charge is 2.12. The highest BCUT2D eigenvalue weighted by Crippen LogP contribution is 2.19. The van der Waals surface area contributed by atoms with Gasteiger partial charge in [0.25, 0.3) is 0 Å². The third-order valence-electron chi connectivity index (χ3n) is 2.04. The number of carbonyl (C=O) groups excluding carboxylic acids is 1. The Bertz CT molecular complexity index is 366. The maximum atomic E-state index is 12.0. The Balaban J connectivity index is 2.92. The second kappa shape index (κ2) is 4.43. The second-order valence-corrected chi connectivity index (χ2v) is 4.89. The number of allylic oxidation sites excluding steroid dienone is 2. The molecular formula is C14H18O. The fraction of sp³-hybridized carbons (Fsp3) is 0.357. The van der Waals surface area contributed by atoms with E-state index in [0.717, 1.165) is 11.1 Å². The van der Waals surface area contributed by atoms with E-state index in [2.05, 4.69) is 20.8 Å². The maximum absolute atomic E-state index is 12.0. The molecule has 0 aliphatic carbocycles. The molecule has 0 radical (unpaired) electrons. The average molecular weight is 202 g/mol. The minimum absolute atomic E-state index is 0.0501. The molecule has 0 N–H and O–H groups in total. The summed E-state index contributed by atoms with van der Waals surface area (Å²) in [5.41, 5.74) is 1.62.